The monoisotopic (exact) mass is 251 g/mol. The molecule has 0 aromatic rings. The Labute approximate surface area is 97.4 Å². The van der Waals surface area contributed by atoms with Crippen molar-refractivity contribution in [3.63, 3.8) is 0 Å². The minimum absolute atomic E-state index is 0.277. The summed E-state index contributed by atoms with van der Waals surface area (Å²) >= 11 is 0. The lowest BCUT2D eigenvalue weighted by molar-refractivity contribution is 0.0494. The number of sulfonamides is 1. The number of aliphatic hydroxyl groups is 1. The van der Waals surface area contributed by atoms with E-state index in [4.69, 9.17) is 9.84 Å². The molecule has 0 spiro atoms. The Morgan fingerprint density at radius 1 is 1.56 bits per heavy atom. The highest BCUT2D eigenvalue weighted by atomic mass is 32.2. The summed E-state index contributed by atoms with van der Waals surface area (Å²) in [5, 5.41) is 8.16. The van der Waals surface area contributed by atoms with E-state index >= 15 is 0 Å². The zero-order chi connectivity index (χ0) is 12.2. The van der Waals surface area contributed by atoms with Crippen LogP contribution in [0.25, 0.3) is 0 Å². The minimum Gasteiger partial charge on any atom is -0.395 e. The Balaban J connectivity index is 2.53. The molecule has 0 bridgehead atoms. The number of hydrogen-bond donors (Lipinski definition) is 1. The Hall–Kier alpha value is -0.170. The molecule has 2 atom stereocenters. The fourth-order valence-electron chi connectivity index (χ4n) is 1.82. The van der Waals surface area contributed by atoms with Gasteiger partial charge in [0.25, 0.3) is 0 Å². The molecule has 0 aliphatic carbocycles. The lowest BCUT2D eigenvalue weighted by Gasteiger charge is -2.28. The van der Waals surface area contributed by atoms with Gasteiger partial charge in [0.05, 0.1) is 18.5 Å². The maximum atomic E-state index is 11.9. The van der Waals surface area contributed by atoms with Crippen molar-refractivity contribution < 1.29 is 18.3 Å². The number of nitrogens with zero attached hydrogens (tertiary/aromatic N) is 1. The molecule has 0 saturated carbocycles. The van der Waals surface area contributed by atoms with Crippen molar-refractivity contribution in [3.8, 4) is 0 Å². The molecule has 0 radical (unpaired) electrons. The van der Waals surface area contributed by atoms with Crippen molar-refractivity contribution in [2.45, 2.75) is 25.0 Å². The topological polar surface area (TPSA) is 66.8 Å². The standard InChI is InChI=1S/C10H21NO4S/c1-9(7-12)16(13,14)11(2)6-10-4-3-5-15-8-10/h9-10,12H,3-8H2,1-2H3. The highest BCUT2D eigenvalue weighted by Crippen LogP contribution is 2.17. The van der Waals surface area contributed by atoms with Gasteiger partial charge in [0.2, 0.25) is 10.0 Å². The molecule has 0 amide bonds. The van der Waals surface area contributed by atoms with Gasteiger partial charge in [-0.2, -0.15) is 0 Å². The van der Waals surface area contributed by atoms with E-state index in [1.54, 1.807) is 7.05 Å². The van der Waals surface area contributed by atoms with Crippen LogP contribution in [0.15, 0.2) is 0 Å². The van der Waals surface area contributed by atoms with Crippen LogP contribution in [0.4, 0.5) is 0 Å². The van der Waals surface area contributed by atoms with E-state index in [2.05, 4.69) is 0 Å². The summed E-state index contributed by atoms with van der Waals surface area (Å²) < 4.78 is 30.4. The van der Waals surface area contributed by atoms with Gasteiger partial charge in [-0.3, -0.25) is 0 Å². The van der Waals surface area contributed by atoms with Crippen LogP contribution in [-0.2, 0) is 14.8 Å². The van der Waals surface area contributed by atoms with Crippen LogP contribution in [0.5, 0.6) is 0 Å². The molecule has 0 aromatic heterocycles. The van der Waals surface area contributed by atoms with Gasteiger partial charge in [0, 0.05) is 20.2 Å². The highest BCUT2D eigenvalue weighted by Gasteiger charge is 2.27. The quantitative estimate of drug-likeness (QED) is 0.750. The summed E-state index contributed by atoms with van der Waals surface area (Å²) in [6, 6.07) is 0. The second kappa shape index (κ2) is 5.95. The van der Waals surface area contributed by atoms with Gasteiger partial charge in [-0.05, 0) is 25.7 Å². The van der Waals surface area contributed by atoms with Crippen LogP contribution < -0.4 is 0 Å². The van der Waals surface area contributed by atoms with Gasteiger partial charge in [-0.25, -0.2) is 12.7 Å². The number of hydrogen-bond acceptors (Lipinski definition) is 4. The van der Waals surface area contributed by atoms with Crippen LogP contribution in [0.2, 0.25) is 0 Å². The molecule has 1 saturated heterocycles. The predicted molar refractivity (Wildman–Crippen MR) is 61.6 cm³/mol. The molecular formula is C10H21NO4S. The van der Waals surface area contributed by atoms with E-state index in [9.17, 15) is 8.42 Å². The highest BCUT2D eigenvalue weighted by molar-refractivity contribution is 7.89. The van der Waals surface area contributed by atoms with Crippen LogP contribution in [0.1, 0.15) is 19.8 Å². The van der Waals surface area contributed by atoms with E-state index in [0.717, 1.165) is 19.4 Å². The average molecular weight is 251 g/mol. The Morgan fingerprint density at radius 2 is 2.25 bits per heavy atom. The fraction of sp³-hybridized carbons (Fsp3) is 1.00. The molecule has 1 heterocycles. The third-order valence-electron chi connectivity index (χ3n) is 2.97. The molecule has 1 aliphatic rings. The maximum Gasteiger partial charge on any atom is 0.218 e. The third kappa shape index (κ3) is 3.41. The second-order valence-electron chi connectivity index (χ2n) is 4.40. The van der Waals surface area contributed by atoms with Gasteiger partial charge in [-0.1, -0.05) is 0 Å². The summed E-state index contributed by atoms with van der Waals surface area (Å²) in [5.41, 5.74) is 0. The lowest BCUT2D eigenvalue weighted by atomic mass is 10.0. The number of rotatable bonds is 5. The zero-order valence-electron chi connectivity index (χ0n) is 9.92. The Morgan fingerprint density at radius 3 is 2.75 bits per heavy atom. The van der Waals surface area contributed by atoms with E-state index < -0.39 is 15.3 Å². The van der Waals surface area contributed by atoms with Crippen LogP contribution >= 0.6 is 0 Å². The SMILES string of the molecule is CC(CO)S(=O)(=O)N(C)CC1CCCOC1. The minimum atomic E-state index is -3.36. The first-order chi connectivity index (χ1) is 7.48. The van der Waals surface area contributed by atoms with Crippen LogP contribution in [-0.4, -0.2) is 56.5 Å². The van der Waals surface area contributed by atoms with Crippen LogP contribution in [0, 0.1) is 5.92 Å². The summed E-state index contributed by atoms with van der Waals surface area (Å²) in [5.74, 6) is 0.277. The molecule has 1 rings (SSSR count). The largest absolute Gasteiger partial charge is 0.395 e. The number of aliphatic hydroxyl groups excluding tert-OH is 1. The molecule has 1 N–H and O–H groups in total. The van der Waals surface area contributed by atoms with Gasteiger partial charge in [0.1, 0.15) is 0 Å². The van der Waals surface area contributed by atoms with E-state index in [1.807, 2.05) is 0 Å². The normalized spacial score (nSPS) is 24.6. The lowest BCUT2D eigenvalue weighted by Crippen LogP contribution is -2.40. The average Bonchev–Trinajstić information content (AvgIpc) is 2.29. The van der Waals surface area contributed by atoms with Gasteiger partial charge in [0.15, 0.2) is 0 Å². The van der Waals surface area contributed by atoms with Crippen molar-refractivity contribution in [3.05, 3.63) is 0 Å². The molecule has 2 unspecified atom stereocenters. The Kier molecular flexibility index (Phi) is 5.17. The fourth-order valence-corrected chi connectivity index (χ4v) is 3.04. The van der Waals surface area contributed by atoms with Gasteiger partial charge < -0.3 is 9.84 Å². The number of ether oxygens (including phenoxy) is 1. The molecule has 1 fully saturated rings. The molecule has 5 nitrogen and oxygen atoms in total. The molecule has 0 aromatic carbocycles. The summed E-state index contributed by atoms with van der Waals surface area (Å²) in [6.45, 7) is 3.07. The third-order valence-corrected chi connectivity index (χ3v) is 5.15. The summed E-state index contributed by atoms with van der Waals surface area (Å²) in [4.78, 5) is 0. The molecule has 16 heavy (non-hydrogen) atoms. The summed E-state index contributed by atoms with van der Waals surface area (Å²) in [7, 11) is -1.80. The van der Waals surface area contributed by atoms with Crippen molar-refractivity contribution in [1.29, 1.82) is 0 Å². The smallest absolute Gasteiger partial charge is 0.218 e. The van der Waals surface area contributed by atoms with Crippen molar-refractivity contribution in [1.82, 2.24) is 4.31 Å². The molecule has 6 heteroatoms. The van der Waals surface area contributed by atoms with Crippen molar-refractivity contribution in [2.24, 2.45) is 5.92 Å². The maximum absolute atomic E-state index is 11.9. The molecule has 1 aliphatic heterocycles. The second-order valence-corrected chi connectivity index (χ2v) is 6.86. The van der Waals surface area contributed by atoms with Crippen molar-refractivity contribution >= 4 is 10.0 Å². The van der Waals surface area contributed by atoms with E-state index in [1.165, 1.54) is 11.2 Å². The van der Waals surface area contributed by atoms with Gasteiger partial charge >= 0.3 is 0 Å². The predicted octanol–water partition coefficient (Wildman–Crippen LogP) is 0.0554. The van der Waals surface area contributed by atoms with E-state index in [-0.39, 0.29) is 12.5 Å². The molecular weight excluding hydrogens is 230 g/mol. The first kappa shape index (κ1) is 13.9. The Bertz CT molecular complexity index is 298. The first-order valence-corrected chi connectivity index (χ1v) is 7.12. The first-order valence-electron chi connectivity index (χ1n) is 5.62. The zero-order valence-corrected chi connectivity index (χ0v) is 10.7. The van der Waals surface area contributed by atoms with Crippen molar-refractivity contribution in [2.75, 3.05) is 33.4 Å². The summed E-state index contributed by atoms with van der Waals surface area (Å²) in [6.07, 6.45) is 2.00. The van der Waals surface area contributed by atoms with E-state index in [0.29, 0.717) is 13.2 Å². The van der Waals surface area contributed by atoms with Gasteiger partial charge in [-0.15, -0.1) is 0 Å². The molecule has 96 valence electrons. The van der Waals surface area contributed by atoms with Crippen LogP contribution in [0.3, 0.4) is 0 Å².